The first-order chi connectivity index (χ1) is 9.94. The van der Waals surface area contributed by atoms with Gasteiger partial charge in [-0.3, -0.25) is 4.79 Å². The molecule has 0 aliphatic carbocycles. The number of hydrogen-bond donors (Lipinski definition) is 1. The Morgan fingerprint density at radius 3 is 2.71 bits per heavy atom. The Morgan fingerprint density at radius 2 is 2.10 bits per heavy atom. The number of nitrogens with zero attached hydrogens (tertiary/aromatic N) is 4. The number of nitrogens with one attached hydrogen (secondary N) is 1. The zero-order chi connectivity index (χ0) is 15.5. The molecule has 0 atom stereocenters. The van der Waals surface area contributed by atoms with Gasteiger partial charge in [0.2, 0.25) is 0 Å². The molecule has 0 saturated heterocycles. The molecule has 21 heavy (non-hydrogen) atoms. The maximum absolute atomic E-state index is 12.2. The first-order valence-corrected chi connectivity index (χ1v) is 6.18. The zero-order valence-corrected chi connectivity index (χ0v) is 11.9. The highest BCUT2D eigenvalue weighted by molar-refractivity contribution is 5.98. The highest BCUT2D eigenvalue weighted by Gasteiger charge is 2.30. The van der Waals surface area contributed by atoms with Gasteiger partial charge in [0, 0.05) is 5.56 Å². The van der Waals surface area contributed by atoms with Gasteiger partial charge in [-0.15, -0.1) is 5.10 Å². The van der Waals surface area contributed by atoms with E-state index in [1.807, 2.05) is 0 Å². The number of carbonyl (C=O) groups is 2. The molecule has 1 aromatic heterocycles. The van der Waals surface area contributed by atoms with Gasteiger partial charge in [0.1, 0.15) is 11.9 Å². The van der Waals surface area contributed by atoms with E-state index in [1.54, 1.807) is 38.1 Å². The second-order valence-corrected chi connectivity index (χ2v) is 4.88. The fourth-order valence-corrected chi connectivity index (χ4v) is 1.73. The molecule has 1 amide bonds. The summed E-state index contributed by atoms with van der Waals surface area (Å²) in [4.78, 5) is 23.8. The van der Waals surface area contributed by atoms with Crippen molar-refractivity contribution in [3.05, 3.63) is 36.2 Å². The van der Waals surface area contributed by atoms with E-state index in [-0.39, 0.29) is 5.91 Å². The number of esters is 1. The van der Waals surface area contributed by atoms with Crippen LogP contribution in [-0.4, -0.2) is 44.7 Å². The summed E-state index contributed by atoms with van der Waals surface area (Å²) in [5.41, 5.74) is -0.0834. The van der Waals surface area contributed by atoms with Crippen LogP contribution >= 0.6 is 0 Å². The van der Waals surface area contributed by atoms with Crippen molar-refractivity contribution in [2.24, 2.45) is 0 Å². The van der Waals surface area contributed by atoms with Gasteiger partial charge in [0.15, 0.2) is 0 Å². The maximum atomic E-state index is 12.2. The van der Waals surface area contributed by atoms with E-state index >= 15 is 0 Å². The van der Waals surface area contributed by atoms with E-state index in [0.29, 0.717) is 11.3 Å². The standard InChI is InChI=1S/C13H15N5O3/c1-13(2,12(20)21-3)15-11(19)9-5-4-6-10(7-9)18-8-14-16-17-18/h4-8H,1-3H3,(H,15,19). The predicted molar refractivity (Wildman–Crippen MR) is 72.7 cm³/mol. The highest BCUT2D eigenvalue weighted by Crippen LogP contribution is 2.11. The van der Waals surface area contributed by atoms with E-state index in [0.717, 1.165) is 0 Å². The average Bonchev–Trinajstić information content (AvgIpc) is 3.00. The van der Waals surface area contributed by atoms with Gasteiger partial charge in [-0.05, 0) is 42.5 Å². The molecule has 0 radical (unpaired) electrons. The summed E-state index contributed by atoms with van der Waals surface area (Å²) >= 11 is 0. The van der Waals surface area contributed by atoms with E-state index in [9.17, 15) is 9.59 Å². The van der Waals surface area contributed by atoms with Crippen LogP contribution in [-0.2, 0) is 9.53 Å². The number of hydrogen-bond acceptors (Lipinski definition) is 6. The monoisotopic (exact) mass is 289 g/mol. The quantitative estimate of drug-likeness (QED) is 0.815. The first kappa shape index (κ1) is 14.6. The Morgan fingerprint density at radius 1 is 1.33 bits per heavy atom. The molecule has 1 N–H and O–H groups in total. The Balaban J connectivity index is 2.21. The Hall–Kier alpha value is -2.77. The van der Waals surface area contributed by atoms with Crippen LogP contribution in [0.25, 0.3) is 5.69 Å². The number of methoxy groups -OCH3 is 1. The Labute approximate surface area is 121 Å². The van der Waals surface area contributed by atoms with Gasteiger partial charge in [-0.1, -0.05) is 6.07 Å². The van der Waals surface area contributed by atoms with Crippen molar-refractivity contribution in [2.75, 3.05) is 7.11 Å². The molecule has 8 nitrogen and oxygen atoms in total. The summed E-state index contributed by atoms with van der Waals surface area (Å²) in [5.74, 6) is -0.909. The number of rotatable bonds is 4. The largest absolute Gasteiger partial charge is 0.467 e. The lowest BCUT2D eigenvalue weighted by molar-refractivity contribution is -0.146. The molecular weight excluding hydrogens is 274 g/mol. The molecule has 0 unspecified atom stereocenters. The lowest BCUT2D eigenvalue weighted by atomic mass is 10.0. The van der Waals surface area contributed by atoms with E-state index in [4.69, 9.17) is 0 Å². The summed E-state index contributed by atoms with van der Waals surface area (Å²) < 4.78 is 6.08. The number of carbonyl (C=O) groups excluding carboxylic acids is 2. The predicted octanol–water partition coefficient (Wildman–Crippen LogP) is 0.344. The molecule has 2 rings (SSSR count). The minimum Gasteiger partial charge on any atom is -0.467 e. The van der Waals surface area contributed by atoms with Crippen LogP contribution in [0.1, 0.15) is 24.2 Å². The number of ether oxygens (including phenoxy) is 1. The van der Waals surface area contributed by atoms with Gasteiger partial charge in [-0.25, -0.2) is 9.48 Å². The summed E-state index contributed by atoms with van der Waals surface area (Å²) in [6.07, 6.45) is 1.43. The number of amides is 1. The molecule has 0 aliphatic heterocycles. The third-order valence-electron chi connectivity index (χ3n) is 2.84. The van der Waals surface area contributed by atoms with Crippen molar-refractivity contribution in [1.82, 2.24) is 25.5 Å². The normalized spacial score (nSPS) is 11.0. The minimum absolute atomic E-state index is 0.389. The smallest absolute Gasteiger partial charge is 0.330 e. The van der Waals surface area contributed by atoms with E-state index in [2.05, 4.69) is 25.6 Å². The van der Waals surface area contributed by atoms with Crippen molar-refractivity contribution in [3.63, 3.8) is 0 Å². The van der Waals surface area contributed by atoms with E-state index < -0.39 is 11.5 Å². The van der Waals surface area contributed by atoms with Crippen molar-refractivity contribution in [1.29, 1.82) is 0 Å². The van der Waals surface area contributed by atoms with Gasteiger partial charge in [-0.2, -0.15) is 0 Å². The molecule has 0 spiro atoms. The number of aromatic nitrogens is 4. The molecule has 0 aliphatic rings. The zero-order valence-electron chi connectivity index (χ0n) is 11.9. The summed E-state index contributed by atoms with van der Waals surface area (Å²) in [7, 11) is 1.27. The van der Waals surface area contributed by atoms with Gasteiger partial charge >= 0.3 is 5.97 Å². The second kappa shape index (κ2) is 5.70. The maximum Gasteiger partial charge on any atom is 0.330 e. The fourth-order valence-electron chi connectivity index (χ4n) is 1.73. The molecule has 8 heteroatoms. The number of benzene rings is 1. The Bertz CT molecular complexity index is 652. The topological polar surface area (TPSA) is 99.0 Å². The highest BCUT2D eigenvalue weighted by atomic mass is 16.5. The van der Waals surface area contributed by atoms with Crippen molar-refractivity contribution < 1.29 is 14.3 Å². The van der Waals surface area contributed by atoms with Crippen LogP contribution in [0.4, 0.5) is 0 Å². The molecule has 1 heterocycles. The molecule has 0 saturated carbocycles. The van der Waals surface area contributed by atoms with Crippen LogP contribution in [0.5, 0.6) is 0 Å². The van der Waals surface area contributed by atoms with Crippen LogP contribution in [0, 0.1) is 0 Å². The van der Waals surface area contributed by atoms with Crippen molar-refractivity contribution in [2.45, 2.75) is 19.4 Å². The van der Waals surface area contributed by atoms with Crippen LogP contribution in [0.3, 0.4) is 0 Å². The van der Waals surface area contributed by atoms with Crippen LogP contribution < -0.4 is 5.32 Å². The third kappa shape index (κ3) is 3.22. The van der Waals surface area contributed by atoms with Gasteiger partial charge in [0.05, 0.1) is 12.8 Å². The summed E-state index contributed by atoms with van der Waals surface area (Å²) in [6, 6.07) is 6.73. The number of tetrazole rings is 1. The SMILES string of the molecule is COC(=O)C(C)(C)NC(=O)c1cccc(-n2cnnn2)c1. The van der Waals surface area contributed by atoms with Crippen LogP contribution in [0.15, 0.2) is 30.6 Å². The van der Waals surface area contributed by atoms with Gasteiger partial charge < -0.3 is 10.1 Å². The van der Waals surface area contributed by atoms with Crippen molar-refractivity contribution >= 4 is 11.9 Å². The molecule has 2 aromatic rings. The molecule has 110 valence electrons. The van der Waals surface area contributed by atoms with E-state index in [1.165, 1.54) is 18.1 Å². The molecular formula is C13H15N5O3. The average molecular weight is 289 g/mol. The Kier molecular flexibility index (Phi) is 3.97. The lowest BCUT2D eigenvalue weighted by Crippen LogP contribution is -2.50. The molecule has 1 aromatic carbocycles. The second-order valence-electron chi connectivity index (χ2n) is 4.88. The first-order valence-electron chi connectivity index (χ1n) is 6.18. The lowest BCUT2D eigenvalue weighted by Gasteiger charge is -2.23. The third-order valence-corrected chi connectivity index (χ3v) is 2.84. The molecule has 0 fully saturated rings. The summed E-state index contributed by atoms with van der Waals surface area (Å²) in [6.45, 7) is 3.14. The van der Waals surface area contributed by atoms with Crippen LogP contribution in [0.2, 0.25) is 0 Å². The fraction of sp³-hybridized carbons (Fsp3) is 0.308. The van der Waals surface area contributed by atoms with Gasteiger partial charge in [0.25, 0.3) is 5.91 Å². The summed E-state index contributed by atoms with van der Waals surface area (Å²) in [5, 5.41) is 13.4. The molecule has 0 bridgehead atoms. The van der Waals surface area contributed by atoms with Crippen molar-refractivity contribution in [3.8, 4) is 5.69 Å². The minimum atomic E-state index is -1.11.